The van der Waals surface area contributed by atoms with E-state index in [4.69, 9.17) is 0 Å². The molecule has 18 heavy (non-hydrogen) atoms. The number of rotatable bonds is 4. The van der Waals surface area contributed by atoms with Crippen molar-refractivity contribution in [2.75, 3.05) is 6.54 Å². The summed E-state index contributed by atoms with van der Waals surface area (Å²) in [5.74, 6) is 0.0769. The highest BCUT2D eigenvalue weighted by Crippen LogP contribution is 2.29. The zero-order chi connectivity index (χ0) is 13.0. The molecule has 1 aromatic carbocycles. The van der Waals surface area contributed by atoms with E-state index in [2.05, 4.69) is 34.9 Å². The largest absolute Gasteiger partial charge is 0.353 e. The van der Waals surface area contributed by atoms with E-state index in [0.29, 0.717) is 12.6 Å². The topological polar surface area (TPSA) is 41.1 Å². The molecule has 3 heteroatoms. The molecule has 0 fully saturated rings. The maximum absolute atomic E-state index is 11.6. The molecular weight excluding hydrogens is 224 g/mol. The van der Waals surface area contributed by atoms with E-state index in [1.54, 1.807) is 0 Å². The number of carbonyl (C=O) groups excluding carboxylic acids is 1. The Kier molecular flexibility index (Phi) is 4.37. The van der Waals surface area contributed by atoms with E-state index in [0.717, 1.165) is 12.8 Å². The van der Waals surface area contributed by atoms with E-state index in [-0.39, 0.29) is 11.9 Å². The summed E-state index contributed by atoms with van der Waals surface area (Å²) in [5, 5.41) is 6.28. The molecule has 0 saturated heterocycles. The Bertz CT molecular complexity index is 415. The second-order valence-corrected chi connectivity index (χ2v) is 5.25. The summed E-state index contributed by atoms with van der Waals surface area (Å²) in [6.07, 6.45) is 3.47. The van der Waals surface area contributed by atoms with Crippen LogP contribution in [0.4, 0.5) is 0 Å². The number of fused-ring (bicyclic) bond motifs is 1. The maximum atomic E-state index is 11.6. The first kappa shape index (κ1) is 13.1. The van der Waals surface area contributed by atoms with E-state index in [9.17, 15) is 4.79 Å². The molecule has 0 spiro atoms. The van der Waals surface area contributed by atoms with Crippen LogP contribution in [-0.2, 0) is 11.2 Å². The molecule has 0 aromatic heterocycles. The van der Waals surface area contributed by atoms with Crippen molar-refractivity contribution >= 4 is 5.91 Å². The van der Waals surface area contributed by atoms with Gasteiger partial charge in [0.1, 0.15) is 0 Å². The summed E-state index contributed by atoms with van der Waals surface area (Å²) in [6, 6.07) is 9.06. The lowest BCUT2D eigenvalue weighted by atomic mass is 9.88. The molecular formula is C15H22N2O. The smallest absolute Gasteiger partial charge is 0.234 e. The highest BCUT2D eigenvalue weighted by molar-refractivity contribution is 5.78. The average Bonchev–Trinajstić information content (AvgIpc) is 2.35. The van der Waals surface area contributed by atoms with Gasteiger partial charge in [-0.25, -0.2) is 0 Å². The minimum atomic E-state index is 0.0769. The van der Waals surface area contributed by atoms with Crippen molar-refractivity contribution in [3.05, 3.63) is 35.4 Å². The van der Waals surface area contributed by atoms with Crippen molar-refractivity contribution in [2.45, 2.75) is 45.2 Å². The molecule has 1 aromatic rings. The second-order valence-electron chi connectivity index (χ2n) is 5.25. The number of amides is 1. The molecule has 1 aliphatic carbocycles. The molecule has 1 atom stereocenters. The van der Waals surface area contributed by atoms with Crippen molar-refractivity contribution in [3.8, 4) is 0 Å². The normalized spacial score (nSPS) is 18.5. The molecule has 0 unspecified atom stereocenters. The first-order chi connectivity index (χ1) is 8.66. The van der Waals surface area contributed by atoms with Crippen LogP contribution in [-0.4, -0.2) is 18.5 Å². The lowest BCUT2D eigenvalue weighted by Gasteiger charge is -2.26. The van der Waals surface area contributed by atoms with Crippen molar-refractivity contribution < 1.29 is 4.79 Å². The SMILES string of the molecule is CC(C)NC(=O)CN[C@H]1CCCc2ccccc21. The molecule has 0 radical (unpaired) electrons. The molecule has 2 N–H and O–H groups in total. The fourth-order valence-electron chi connectivity index (χ4n) is 2.55. The first-order valence-corrected chi connectivity index (χ1v) is 6.77. The van der Waals surface area contributed by atoms with E-state index in [1.807, 2.05) is 13.8 Å². The van der Waals surface area contributed by atoms with Gasteiger partial charge in [0.15, 0.2) is 0 Å². The summed E-state index contributed by atoms with van der Waals surface area (Å²) in [5.41, 5.74) is 2.78. The standard InChI is InChI=1S/C15H22N2O/c1-11(2)17-15(18)10-16-14-9-5-7-12-6-3-4-8-13(12)14/h3-4,6,8,11,14,16H,5,7,9-10H2,1-2H3,(H,17,18)/t14-/m0/s1. The summed E-state index contributed by atoms with van der Waals surface area (Å²) in [7, 11) is 0. The van der Waals surface area contributed by atoms with Gasteiger partial charge in [0.25, 0.3) is 0 Å². The molecule has 0 saturated carbocycles. The zero-order valence-corrected chi connectivity index (χ0v) is 11.2. The van der Waals surface area contributed by atoms with Gasteiger partial charge in [0.05, 0.1) is 6.54 Å². The molecule has 0 heterocycles. The average molecular weight is 246 g/mol. The number of aryl methyl sites for hydroxylation is 1. The van der Waals surface area contributed by atoms with E-state index < -0.39 is 0 Å². The van der Waals surface area contributed by atoms with Crippen molar-refractivity contribution in [2.24, 2.45) is 0 Å². The monoisotopic (exact) mass is 246 g/mol. The third-order valence-corrected chi connectivity index (χ3v) is 3.33. The van der Waals surface area contributed by atoms with Crippen LogP contribution in [0.15, 0.2) is 24.3 Å². The maximum Gasteiger partial charge on any atom is 0.234 e. The third-order valence-electron chi connectivity index (χ3n) is 3.33. The number of carbonyl (C=O) groups is 1. The Balaban J connectivity index is 1.93. The third kappa shape index (κ3) is 3.33. The van der Waals surface area contributed by atoms with Gasteiger partial charge in [0, 0.05) is 12.1 Å². The lowest BCUT2D eigenvalue weighted by Crippen LogP contribution is -2.39. The Morgan fingerprint density at radius 3 is 2.94 bits per heavy atom. The minimum Gasteiger partial charge on any atom is -0.353 e. The van der Waals surface area contributed by atoms with Crippen LogP contribution in [0.2, 0.25) is 0 Å². The van der Waals surface area contributed by atoms with Gasteiger partial charge in [-0.3, -0.25) is 4.79 Å². The summed E-state index contributed by atoms with van der Waals surface area (Å²) in [4.78, 5) is 11.6. The number of hydrogen-bond donors (Lipinski definition) is 2. The van der Waals surface area contributed by atoms with E-state index >= 15 is 0 Å². The van der Waals surface area contributed by atoms with Crippen LogP contribution in [0.3, 0.4) is 0 Å². The predicted molar refractivity (Wildman–Crippen MR) is 73.4 cm³/mol. The van der Waals surface area contributed by atoms with Crippen LogP contribution < -0.4 is 10.6 Å². The Hall–Kier alpha value is -1.35. The van der Waals surface area contributed by atoms with Gasteiger partial charge in [-0.2, -0.15) is 0 Å². The quantitative estimate of drug-likeness (QED) is 0.855. The van der Waals surface area contributed by atoms with Crippen molar-refractivity contribution in [1.29, 1.82) is 0 Å². The van der Waals surface area contributed by atoms with Crippen LogP contribution in [0, 0.1) is 0 Å². The van der Waals surface area contributed by atoms with Crippen molar-refractivity contribution in [3.63, 3.8) is 0 Å². The molecule has 0 bridgehead atoms. The highest BCUT2D eigenvalue weighted by Gasteiger charge is 2.19. The van der Waals surface area contributed by atoms with Crippen LogP contribution in [0.25, 0.3) is 0 Å². The van der Waals surface area contributed by atoms with E-state index in [1.165, 1.54) is 17.5 Å². The van der Waals surface area contributed by atoms with Gasteiger partial charge in [-0.15, -0.1) is 0 Å². The molecule has 2 rings (SSSR count). The summed E-state index contributed by atoms with van der Waals surface area (Å²) >= 11 is 0. The fourth-order valence-corrected chi connectivity index (χ4v) is 2.55. The number of hydrogen-bond acceptors (Lipinski definition) is 2. The van der Waals surface area contributed by atoms with Gasteiger partial charge in [-0.05, 0) is 44.2 Å². The molecule has 3 nitrogen and oxygen atoms in total. The predicted octanol–water partition coefficient (Wildman–Crippen LogP) is 2.18. The van der Waals surface area contributed by atoms with Gasteiger partial charge in [-0.1, -0.05) is 24.3 Å². The number of nitrogens with one attached hydrogen (secondary N) is 2. The summed E-state index contributed by atoms with van der Waals surface area (Å²) in [6.45, 7) is 4.36. The first-order valence-electron chi connectivity index (χ1n) is 6.77. The molecule has 1 aliphatic rings. The minimum absolute atomic E-state index is 0.0769. The summed E-state index contributed by atoms with van der Waals surface area (Å²) < 4.78 is 0. The Morgan fingerprint density at radius 2 is 2.17 bits per heavy atom. The fraction of sp³-hybridized carbons (Fsp3) is 0.533. The zero-order valence-electron chi connectivity index (χ0n) is 11.2. The molecule has 98 valence electrons. The Labute approximate surface area is 109 Å². The number of benzene rings is 1. The molecule has 1 amide bonds. The van der Waals surface area contributed by atoms with Gasteiger partial charge >= 0.3 is 0 Å². The highest BCUT2D eigenvalue weighted by atomic mass is 16.1. The molecule has 0 aliphatic heterocycles. The second kappa shape index (κ2) is 6.01. The van der Waals surface area contributed by atoms with Gasteiger partial charge in [0.2, 0.25) is 5.91 Å². The van der Waals surface area contributed by atoms with Crippen LogP contribution in [0.5, 0.6) is 0 Å². The van der Waals surface area contributed by atoms with Crippen LogP contribution in [0.1, 0.15) is 43.9 Å². The van der Waals surface area contributed by atoms with Gasteiger partial charge < -0.3 is 10.6 Å². The Morgan fingerprint density at radius 1 is 1.39 bits per heavy atom. The van der Waals surface area contributed by atoms with Crippen molar-refractivity contribution in [1.82, 2.24) is 10.6 Å². The lowest BCUT2D eigenvalue weighted by molar-refractivity contribution is -0.120. The van der Waals surface area contributed by atoms with Crippen LogP contribution >= 0.6 is 0 Å².